The number of carboxylic acids is 1. The van der Waals surface area contributed by atoms with Crippen LogP contribution in [0.2, 0.25) is 0 Å². The second kappa shape index (κ2) is 7.70. The van der Waals surface area contributed by atoms with E-state index in [0.717, 1.165) is 16.3 Å². The number of nitrogens with one attached hydrogen (secondary N) is 2. The van der Waals surface area contributed by atoms with Gasteiger partial charge in [-0.15, -0.1) is 0 Å². The lowest BCUT2D eigenvalue weighted by molar-refractivity contribution is -0.136. The van der Waals surface area contributed by atoms with Crippen LogP contribution in [-0.2, 0) is 4.79 Å². The van der Waals surface area contributed by atoms with Crippen molar-refractivity contribution in [1.29, 1.82) is 0 Å². The third-order valence-corrected chi connectivity index (χ3v) is 4.13. The molecule has 0 unspecified atom stereocenters. The first-order valence-electron chi connectivity index (χ1n) is 8.46. The van der Waals surface area contributed by atoms with Crippen molar-refractivity contribution < 1.29 is 14.7 Å². The van der Waals surface area contributed by atoms with Gasteiger partial charge in [0.2, 0.25) is 0 Å². The van der Waals surface area contributed by atoms with Gasteiger partial charge in [-0.3, -0.25) is 14.4 Å². The molecule has 6 heteroatoms. The maximum atomic E-state index is 12.6. The number of hydrogen-bond acceptors (Lipinski definition) is 3. The summed E-state index contributed by atoms with van der Waals surface area (Å²) in [6.45, 7) is 1.60. The van der Waals surface area contributed by atoms with Crippen LogP contribution in [-0.4, -0.2) is 26.8 Å². The molecule has 0 saturated heterocycles. The summed E-state index contributed by atoms with van der Waals surface area (Å²) < 4.78 is 0. The Balaban J connectivity index is 0.000000376. The number of ketones is 1. The highest BCUT2D eigenvalue weighted by molar-refractivity contribution is 6.13. The summed E-state index contributed by atoms with van der Waals surface area (Å²) in [6.07, 6.45) is 1.95. The van der Waals surface area contributed by atoms with Crippen LogP contribution in [0.3, 0.4) is 0 Å². The average Bonchev–Trinajstić information content (AvgIpc) is 3.19. The smallest absolute Gasteiger partial charge is 0.303 e. The van der Waals surface area contributed by atoms with Gasteiger partial charge in [-0.1, -0.05) is 37.3 Å². The van der Waals surface area contributed by atoms with Crippen LogP contribution >= 0.6 is 0 Å². The summed E-state index contributed by atoms with van der Waals surface area (Å²) in [4.78, 5) is 39.6. The maximum Gasteiger partial charge on any atom is 0.303 e. The van der Waals surface area contributed by atoms with Gasteiger partial charge in [0.25, 0.3) is 5.56 Å². The van der Waals surface area contributed by atoms with Crippen LogP contribution < -0.4 is 5.56 Å². The minimum absolute atomic E-state index is 0.0302. The van der Waals surface area contributed by atoms with Crippen molar-refractivity contribution in [3.05, 3.63) is 82.3 Å². The molecule has 3 N–H and O–H groups in total. The van der Waals surface area contributed by atoms with E-state index in [4.69, 9.17) is 5.11 Å². The third kappa shape index (κ3) is 3.79. The molecule has 0 bridgehead atoms. The number of aromatic amines is 2. The molecule has 0 fully saturated rings. The van der Waals surface area contributed by atoms with Gasteiger partial charge >= 0.3 is 5.97 Å². The monoisotopic (exact) mass is 362 g/mol. The van der Waals surface area contributed by atoms with Crippen LogP contribution in [0.5, 0.6) is 0 Å². The first-order chi connectivity index (χ1) is 13.0. The standard InChI is InChI=1S/C18H12N2O2.C3H6O2/c21-17(11-4-2-1-3-5-11)12-6-7-15-14(10-12)13-8-9-19-16(13)18(22)20-15;1-2-3(4)5/h1-10,19H,(H,20,22);2H2,1H3,(H,4,5). The van der Waals surface area contributed by atoms with Crippen molar-refractivity contribution in [3.63, 3.8) is 0 Å². The van der Waals surface area contributed by atoms with E-state index in [9.17, 15) is 14.4 Å². The molecule has 0 radical (unpaired) electrons. The second-order valence-electron chi connectivity index (χ2n) is 5.92. The fourth-order valence-electron chi connectivity index (χ4n) is 2.74. The van der Waals surface area contributed by atoms with Gasteiger partial charge in [0.05, 0.1) is 0 Å². The number of carbonyl (C=O) groups excluding carboxylic acids is 1. The van der Waals surface area contributed by atoms with Gasteiger partial charge in [0, 0.05) is 40.0 Å². The number of hydrogen-bond donors (Lipinski definition) is 3. The Bertz CT molecular complexity index is 1170. The zero-order chi connectivity index (χ0) is 19.4. The van der Waals surface area contributed by atoms with E-state index in [1.165, 1.54) is 0 Å². The number of rotatable bonds is 3. The number of fused-ring (bicyclic) bond motifs is 3. The van der Waals surface area contributed by atoms with E-state index in [1.54, 1.807) is 37.4 Å². The van der Waals surface area contributed by atoms with E-state index in [-0.39, 0.29) is 17.8 Å². The van der Waals surface area contributed by atoms with Crippen molar-refractivity contribution >= 4 is 33.6 Å². The number of carboxylic acid groups (broad SMARTS) is 1. The van der Waals surface area contributed by atoms with Gasteiger partial charge in [-0.05, 0) is 24.3 Å². The molecule has 2 aromatic carbocycles. The van der Waals surface area contributed by atoms with Gasteiger partial charge in [0.15, 0.2) is 5.78 Å². The number of H-pyrrole nitrogens is 2. The van der Waals surface area contributed by atoms with Crippen LogP contribution in [0.1, 0.15) is 29.3 Å². The van der Waals surface area contributed by atoms with Gasteiger partial charge in [0.1, 0.15) is 5.52 Å². The predicted octanol–water partition coefficient (Wildman–Crippen LogP) is 3.72. The van der Waals surface area contributed by atoms with Crippen LogP contribution in [0.4, 0.5) is 0 Å². The number of aliphatic carboxylic acids is 1. The molecule has 0 amide bonds. The quantitative estimate of drug-likeness (QED) is 0.483. The Labute approximate surface area is 154 Å². The number of pyridine rings is 1. The van der Waals surface area contributed by atoms with E-state index in [2.05, 4.69) is 9.97 Å². The highest BCUT2D eigenvalue weighted by Crippen LogP contribution is 2.23. The largest absolute Gasteiger partial charge is 0.481 e. The highest BCUT2D eigenvalue weighted by Gasteiger charge is 2.12. The zero-order valence-electron chi connectivity index (χ0n) is 14.7. The molecule has 4 aromatic rings. The third-order valence-electron chi connectivity index (χ3n) is 4.13. The Morgan fingerprint density at radius 2 is 1.67 bits per heavy atom. The Kier molecular flexibility index (Phi) is 5.17. The Hall–Kier alpha value is -3.67. The van der Waals surface area contributed by atoms with Crippen molar-refractivity contribution in [2.24, 2.45) is 0 Å². The maximum absolute atomic E-state index is 12.6. The first kappa shape index (κ1) is 18.1. The van der Waals surface area contributed by atoms with Crippen LogP contribution in [0.25, 0.3) is 21.8 Å². The summed E-state index contributed by atoms with van der Waals surface area (Å²) >= 11 is 0. The van der Waals surface area contributed by atoms with E-state index >= 15 is 0 Å². The lowest BCUT2D eigenvalue weighted by Gasteiger charge is -2.04. The zero-order valence-corrected chi connectivity index (χ0v) is 14.7. The van der Waals surface area contributed by atoms with Gasteiger partial charge < -0.3 is 15.1 Å². The molecule has 2 aromatic heterocycles. The Morgan fingerprint density at radius 1 is 0.963 bits per heavy atom. The van der Waals surface area contributed by atoms with Crippen molar-refractivity contribution in [2.75, 3.05) is 0 Å². The molecule has 0 spiro atoms. The van der Waals surface area contributed by atoms with Gasteiger partial charge in [-0.2, -0.15) is 0 Å². The molecule has 0 aliphatic rings. The lowest BCUT2D eigenvalue weighted by Crippen LogP contribution is -2.07. The number of aromatic nitrogens is 2. The molecule has 0 aliphatic heterocycles. The van der Waals surface area contributed by atoms with E-state index in [1.807, 2.05) is 30.3 Å². The molecule has 4 rings (SSSR count). The minimum Gasteiger partial charge on any atom is -0.481 e. The first-order valence-corrected chi connectivity index (χ1v) is 8.46. The molecule has 0 saturated carbocycles. The summed E-state index contributed by atoms with van der Waals surface area (Å²) in [6, 6.07) is 16.4. The molecule has 0 atom stereocenters. The van der Waals surface area contributed by atoms with E-state index < -0.39 is 5.97 Å². The summed E-state index contributed by atoms with van der Waals surface area (Å²) in [5, 5.41) is 9.40. The van der Waals surface area contributed by atoms with Gasteiger partial charge in [-0.25, -0.2) is 0 Å². The molecular formula is C21H18N2O4. The summed E-state index contributed by atoms with van der Waals surface area (Å²) in [5.41, 5.74) is 2.35. The molecule has 0 aliphatic carbocycles. The summed E-state index contributed by atoms with van der Waals surface area (Å²) in [7, 11) is 0. The van der Waals surface area contributed by atoms with Crippen LogP contribution in [0.15, 0.2) is 65.6 Å². The molecule has 136 valence electrons. The fraction of sp³-hybridized carbons (Fsp3) is 0.0952. The van der Waals surface area contributed by atoms with Crippen molar-refractivity contribution in [3.8, 4) is 0 Å². The SMILES string of the molecule is CCC(=O)O.O=C(c1ccccc1)c1ccc2[nH]c(=O)c3[nH]ccc3c2c1. The van der Waals surface area contributed by atoms with Crippen molar-refractivity contribution in [1.82, 2.24) is 9.97 Å². The topological polar surface area (TPSA) is 103 Å². The van der Waals surface area contributed by atoms with Crippen LogP contribution in [0, 0.1) is 0 Å². The predicted molar refractivity (Wildman–Crippen MR) is 104 cm³/mol. The highest BCUT2D eigenvalue weighted by atomic mass is 16.4. The summed E-state index contributed by atoms with van der Waals surface area (Å²) in [5.74, 6) is -0.776. The average molecular weight is 362 g/mol. The second-order valence-corrected chi connectivity index (χ2v) is 5.92. The normalized spacial score (nSPS) is 10.4. The minimum atomic E-state index is -0.745. The number of benzene rings is 2. The lowest BCUT2D eigenvalue weighted by atomic mass is 10.0. The van der Waals surface area contributed by atoms with Crippen molar-refractivity contribution in [2.45, 2.75) is 13.3 Å². The molecule has 27 heavy (non-hydrogen) atoms. The Morgan fingerprint density at radius 3 is 2.33 bits per heavy atom. The molecule has 6 nitrogen and oxygen atoms in total. The molecule has 2 heterocycles. The number of carbonyl (C=O) groups is 2. The molecular weight excluding hydrogens is 344 g/mol. The fourth-order valence-corrected chi connectivity index (χ4v) is 2.74. The van der Waals surface area contributed by atoms with E-state index in [0.29, 0.717) is 16.6 Å².